The highest BCUT2D eigenvalue weighted by molar-refractivity contribution is 7.92. The normalized spacial score (nSPS) is 16.5. The summed E-state index contributed by atoms with van der Waals surface area (Å²) < 4.78 is 54.1. The Morgan fingerprint density at radius 2 is 1.58 bits per heavy atom. The Morgan fingerprint density at radius 3 is 2.18 bits per heavy atom. The highest BCUT2D eigenvalue weighted by atomic mass is 35.5. The predicted molar refractivity (Wildman–Crippen MR) is 130 cm³/mol. The summed E-state index contributed by atoms with van der Waals surface area (Å²) in [7, 11) is -7.32. The first-order valence-electron chi connectivity index (χ1n) is 10.2. The molecule has 0 radical (unpaired) electrons. The van der Waals surface area contributed by atoms with E-state index in [-0.39, 0.29) is 10.6 Å². The number of nitrogens with zero attached hydrogens (tertiary/aromatic N) is 2. The summed E-state index contributed by atoms with van der Waals surface area (Å²) in [6.45, 7) is 1.56. The van der Waals surface area contributed by atoms with Gasteiger partial charge in [0.25, 0.3) is 10.0 Å². The minimum atomic E-state index is -3.93. The molecule has 10 heteroatoms. The van der Waals surface area contributed by atoms with E-state index in [1.807, 2.05) is 30.3 Å². The van der Waals surface area contributed by atoms with Gasteiger partial charge >= 0.3 is 0 Å². The van der Waals surface area contributed by atoms with E-state index in [9.17, 15) is 16.8 Å². The van der Waals surface area contributed by atoms with Crippen LogP contribution in [0.5, 0.6) is 0 Å². The van der Waals surface area contributed by atoms with Gasteiger partial charge in [-0.3, -0.25) is 4.72 Å². The molecule has 0 saturated carbocycles. The number of nitrogens with one attached hydrogen (secondary N) is 1. The Bertz CT molecular complexity index is 1370. The van der Waals surface area contributed by atoms with Crippen LogP contribution in [0.15, 0.2) is 88.9 Å². The average Bonchev–Trinajstić information content (AvgIpc) is 3.27. The molecule has 1 atom stereocenters. The second-order valence-corrected chi connectivity index (χ2v) is 11.7. The van der Waals surface area contributed by atoms with E-state index in [1.54, 1.807) is 31.2 Å². The first-order valence-corrected chi connectivity index (χ1v) is 13.7. The van der Waals surface area contributed by atoms with Crippen molar-refractivity contribution in [3.63, 3.8) is 0 Å². The molecular formula is C23H22ClN3O4S2. The largest absolute Gasteiger partial charge is 0.284 e. The van der Waals surface area contributed by atoms with Crippen molar-refractivity contribution >= 4 is 43.0 Å². The molecule has 1 N–H and O–H groups in total. The van der Waals surface area contributed by atoms with Gasteiger partial charge in [0.1, 0.15) is 0 Å². The van der Waals surface area contributed by atoms with E-state index < -0.39 is 26.1 Å². The number of rotatable bonds is 7. The first-order chi connectivity index (χ1) is 15.7. The zero-order valence-electron chi connectivity index (χ0n) is 17.7. The number of hydrogen-bond donors (Lipinski definition) is 1. The van der Waals surface area contributed by atoms with E-state index in [0.29, 0.717) is 28.4 Å². The van der Waals surface area contributed by atoms with Gasteiger partial charge in [0.05, 0.1) is 22.4 Å². The molecule has 33 heavy (non-hydrogen) atoms. The number of halogens is 1. The summed E-state index contributed by atoms with van der Waals surface area (Å²) in [5, 5.41) is 4.94. The number of hydrazone groups is 1. The van der Waals surface area contributed by atoms with Crippen LogP contribution in [0.4, 0.5) is 5.69 Å². The predicted octanol–water partition coefficient (Wildman–Crippen LogP) is 4.64. The Hall–Kier alpha value is -2.88. The van der Waals surface area contributed by atoms with Gasteiger partial charge in [-0.1, -0.05) is 54.1 Å². The van der Waals surface area contributed by atoms with Gasteiger partial charge in [0.15, 0.2) is 0 Å². The van der Waals surface area contributed by atoms with Crippen molar-refractivity contribution in [1.29, 1.82) is 0 Å². The molecule has 1 heterocycles. The van der Waals surface area contributed by atoms with Crippen molar-refractivity contribution in [2.45, 2.75) is 24.3 Å². The zero-order chi connectivity index (χ0) is 23.6. The molecule has 3 aromatic carbocycles. The third kappa shape index (κ3) is 5.05. The zero-order valence-corrected chi connectivity index (χ0v) is 20.1. The summed E-state index contributed by atoms with van der Waals surface area (Å²) in [6.07, 6.45) is 0.372. The molecule has 3 aromatic rings. The number of benzene rings is 3. The van der Waals surface area contributed by atoms with E-state index in [0.717, 1.165) is 9.98 Å². The highest BCUT2D eigenvalue weighted by Gasteiger charge is 2.37. The lowest BCUT2D eigenvalue weighted by Crippen LogP contribution is -2.27. The van der Waals surface area contributed by atoms with Gasteiger partial charge in [-0.05, 0) is 54.4 Å². The standard InChI is InChI=1S/C23H22ClN3O4S2/c1-2-32(28,29)26-20-12-8-17(9-13-20)22-16-23(18-6-4-3-5-7-18)27(25-22)33(30,31)21-14-10-19(24)11-15-21/h3-15,23,26H,2,16H2,1H3/t23-/m1/s1. The van der Waals surface area contributed by atoms with Crippen LogP contribution in [0, 0.1) is 0 Å². The van der Waals surface area contributed by atoms with Crippen LogP contribution in [-0.4, -0.2) is 32.7 Å². The lowest BCUT2D eigenvalue weighted by Gasteiger charge is -2.23. The Morgan fingerprint density at radius 1 is 0.939 bits per heavy atom. The van der Waals surface area contributed by atoms with Crippen molar-refractivity contribution in [2.24, 2.45) is 5.10 Å². The van der Waals surface area contributed by atoms with Gasteiger partial charge in [-0.2, -0.15) is 17.9 Å². The van der Waals surface area contributed by atoms with Crippen molar-refractivity contribution in [2.75, 3.05) is 10.5 Å². The van der Waals surface area contributed by atoms with Crippen LogP contribution in [0.1, 0.15) is 30.5 Å². The van der Waals surface area contributed by atoms with Gasteiger partial charge in [-0.15, -0.1) is 0 Å². The van der Waals surface area contributed by atoms with Crippen molar-refractivity contribution in [1.82, 2.24) is 4.41 Å². The first kappa shape index (κ1) is 23.3. The van der Waals surface area contributed by atoms with E-state index >= 15 is 0 Å². The number of hydrogen-bond acceptors (Lipinski definition) is 5. The number of sulfonamides is 2. The van der Waals surface area contributed by atoms with Crippen LogP contribution in [0.3, 0.4) is 0 Å². The SMILES string of the molecule is CCS(=O)(=O)Nc1ccc(C2=NN(S(=O)(=O)c3ccc(Cl)cc3)[C@@H](c3ccccc3)C2)cc1. The maximum Gasteiger partial charge on any atom is 0.279 e. The molecule has 0 aromatic heterocycles. The van der Waals surface area contributed by atoms with Crippen molar-refractivity contribution in [3.8, 4) is 0 Å². The molecule has 0 aliphatic carbocycles. The second kappa shape index (κ2) is 9.17. The van der Waals surface area contributed by atoms with Gasteiger partial charge in [0, 0.05) is 17.1 Å². The van der Waals surface area contributed by atoms with E-state index in [4.69, 9.17) is 11.6 Å². The lowest BCUT2D eigenvalue weighted by atomic mass is 9.99. The van der Waals surface area contributed by atoms with Crippen LogP contribution < -0.4 is 4.72 Å². The average molecular weight is 504 g/mol. The Kier molecular flexibility index (Phi) is 6.47. The molecule has 4 rings (SSSR count). The van der Waals surface area contributed by atoms with Crippen LogP contribution in [0.2, 0.25) is 5.02 Å². The molecule has 0 saturated heterocycles. The monoisotopic (exact) mass is 503 g/mol. The third-order valence-electron chi connectivity index (χ3n) is 5.29. The highest BCUT2D eigenvalue weighted by Crippen LogP contribution is 2.37. The van der Waals surface area contributed by atoms with Crippen molar-refractivity contribution in [3.05, 3.63) is 95.0 Å². The molecule has 1 aliphatic heterocycles. The summed E-state index contributed by atoms with van der Waals surface area (Å²) in [5.41, 5.74) is 2.56. The van der Waals surface area contributed by atoms with Gasteiger partial charge in [-0.25, -0.2) is 8.42 Å². The minimum absolute atomic E-state index is 0.0300. The fourth-order valence-corrected chi connectivity index (χ4v) is 5.70. The summed E-state index contributed by atoms with van der Waals surface area (Å²) >= 11 is 5.93. The van der Waals surface area contributed by atoms with E-state index in [1.165, 1.54) is 24.3 Å². The quantitative estimate of drug-likeness (QED) is 0.508. The molecular weight excluding hydrogens is 482 g/mol. The Balaban J connectivity index is 1.70. The second-order valence-electron chi connectivity index (χ2n) is 7.49. The number of anilines is 1. The van der Waals surface area contributed by atoms with Gasteiger partial charge in [0.2, 0.25) is 10.0 Å². The molecule has 1 aliphatic rings. The molecule has 0 spiro atoms. The smallest absolute Gasteiger partial charge is 0.279 e. The van der Waals surface area contributed by atoms with Crippen molar-refractivity contribution < 1.29 is 16.8 Å². The fraction of sp³-hybridized carbons (Fsp3) is 0.174. The molecule has 0 fully saturated rings. The minimum Gasteiger partial charge on any atom is -0.284 e. The maximum absolute atomic E-state index is 13.4. The summed E-state index contributed by atoms with van der Waals surface area (Å²) in [4.78, 5) is 0.0992. The van der Waals surface area contributed by atoms with Crippen LogP contribution >= 0.6 is 11.6 Å². The third-order valence-corrected chi connectivity index (χ3v) is 8.54. The van der Waals surface area contributed by atoms with Gasteiger partial charge < -0.3 is 0 Å². The maximum atomic E-state index is 13.4. The topological polar surface area (TPSA) is 95.9 Å². The van der Waals surface area contributed by atoms with E-state index in [2.05, 4.69) is 9.82 Å². The lowest BCUT2D eigenvalue weighted by molar-refractivity contribution is 0.371. The summed E-state index contributed by atoms with van der Waals surface area (Å²) in [5.74, 6) is -0.0300. The van der Waals surface area contributed by atoms with Crippen LogP contribution in [-0.2, 0) is 20.0 Å². The molecule has 172 valence electrons. The molecule has 7 nitrogen and oxygen atoms in total. The molecule has 0 amide bonds. The van der Waals surface area contributed by atoms with Crippen LogP contribution in [0.25, 0.3) is 0 Å². The Labute approximate surface area is 198 Å². The fourth-order valence-electron chi connectivity index (χ4n) is 3.51. The molecule has 0 unspecified atom stereocenters. The summed E-state index contributed by atoms with van der Waals surface area (Å²) in [6, 6.07) is 21.5. The molecule has 0 bridgehead atoms.